The average Bonchev–Trinajstić information content (AvgIpc) is 2.59. The van der Waals surface area contributed by atoms with Gasteiger partial charge in [0.15, 0.2) is 5.13 Å². The molecule has 92 valence electrons. The number of aromatic nitrogens is 1. The van der Waals surface area contributed by atoms with Crippen molar-refractivity contribution in [3.8, 4) is 0 Å². The van der Waals surface area contributed by atoms with Crippen LogP contribution in [0.2, 0.25) is 0 Å². The minimum absolute atomic E-state index is 0.527. The first-order valence-electron chi connectivity index (χ1n) is 5.93. The monoisotopic (exact) mass is 241 g/mol. The van der Waals surface area contributed by atoms with Crippen LogP contribution in [0.25, 0.3) is 0 Å². The van der Waals surface area contributed by atoms with Gasteiger partial charge in [-0.15, -0.1) is 11.3 Å². The van der Waals surface area contributed by atoms with Crippen molar-refractivity contribution >= 4 is 16.5 Å². The summed E-state index contributed by atoms with van der Waals surface area (Å²) >= 11 is 1.80. The molecule has 0 fully saturated rings. The van der Waals surface area contributed by atoms with E-state index in [4.69, 9.17) is 0 Å². The molecule has 0 saturated heterocycles. The largest absolute Gasteiger partial charge is 0.354 e. The quantitative estimate of drug-likeness (QED) is 0.830. The Balaban J connectivity index is 2.78. The lowest BCUT2D eigenvalue weighted by atomic mass is 10.2. The summed E-state index contributed by atoms with van der Waals surface area (Å²) in [6, 6.07) is 0.527. The Hall–Kier alpha value is -0.610. The minimum atomic E-state index is 0.527. The lowest BCUT2D eigenvalue weighted by Gasteiger charge is -2.07. The molecule has 0 saturated carbocycles. The molecule has 1 aromatic rings. The Labute approximate surface area is 103 Å². The van der Waals surface area contributed by atoms with Crippen LogP contribution in [0.3, 0.4) is 0 Å². The summed E-state index contributed by atoms with van der Waals surface area (Å²) in [7, 11) is 4.10. The van der Waals surface area contributed by atoms with Crippen molar-refractivity contribution in [2.24, 2.45) is 0 Å². The van der Waals surface area contributed by atoms with Gasteiger partial charge in [0, 0.05) is 31.6 Å². The highest BCUT2D eigenvalue weighted by Gasteiger charge is 2.11. The fourth-order valence-electron chi connectivity index (χ4n) is 1.43. The van der Waals surface area contributed by atoms with Gasteiger partial charge < -0.3 is 10.2 Å². The van der Waals surface area contributed by atoms with Crippen LogP contribution in [0.4, 0.5) is 5.13 Å². The maximum absolute atomic E-state index is 4.68. The van der Waals surface area contributed by atoms with Gasteiger partial charge in [-0.05, 0) is 6.42 Å². The molecular weight excluding hydrogens is 218 g/mol. The summed E-state index contributed by atoms with van der Waals surface area (Å²) < 4.78 is 0. The molecule has 4 heteroatoms. The number of nitrogens with zero attached hydrogens (tertiary/aromatic N) is 2. The molecule has 0 radical (unpaired) electrons. The van der Waals surface area contributed by atoms with E-state index >= 15 is 0 Å². The average molecular weight is 241 g/mol. The molecule has 0 atom stereocenters. The Kier molecular flexibility index (Phi) is 5.22. The van der Waals surface area contributed by atoms with Crippen LogP contribution in [-0.4, -0.2) is 25.1 Å². The van der Waals surface area contributed by atoms with E-state index in [2.05, 4.69) is 36.0 Å². The van der Waals surface area contributed by atoms with Crippen molar-refractivity contribution in [2.75, 3.05) is 19.0 Å². The zero-order chi connectivity index (χ0) is 12.1. The van der Waals surface area contributed by atoms with Crippen LogP contribution >= 0.6 is 11.3 Å². The van der Waals surface area contributed by atoms with E-state index in [0.717, 1.165) is 24.5 Å². The second-order valence-electron chi connectivity index (χ2n) is 4.55. The molecule has 0 unspecified atom stereocenters. The summed E-state index contributed by atoms with van der Waals surface area (Å²) in [4.78, 5) is 8.16. The topological polar surface area (TPSA) is 28.2 Å². The molecule has 1 N–H and O–H groups in total. The predicted octanol–water partition coefficient (Wildman–Crippen LogP) is 2.66. The van der Waals surface area contributed by atoms with Gasteiger partial charge in [-0.2, -0.15) is 0 Å². The van der Waals surface area contributed by atoms with Gasteiger partial charge in [0.05, 0.1) is 5.69 Å². The van der Waals surface area contributed by atoms with E-state index in [1.165, 1.54) is 10.6 Å². The van der Waals surface area contributed by atoms with E-state index < -0.39 is 0 Å². The van der Waals surface area contributed by atoms with Crippen LogP contribution in [0.1, 0.15) is 37.8 Å². The van der Waals surface area contributed by atoms with Gasteiger partial charge in [0.2, 0.25) is 0 Å². The highest BCUT2D eigenvalue weighted by molar-refractivity contribution is 7.15. The van der Waals surface area contributed by atoms with E-state index in [1.54, 1.807) is 11.3 Å². The standard InChI is InChI=1S/C12H23N3S/c1-6-7-10-11(8-13-9(2)3)16-12(14-10)15(4)5/h9,13H,6-8H2,1-5H3. The van der Waals surface area contributed by atoms with E-state index in [-0.39, 0.29) is 0 Å². The zero-order valence-corrected chi connectivity index (χ0v) is 11.8. The van der Waals surface area contributed by atoms with Crippen molar-refractivity contribution in [1.29, 1.82) is 0 Å². The summed E-state index contributed by atoms with van der Waals surface area (Å²) in [6.07, 6.45) is 2.24. The van der Waals surface area contributed by atoms with Gasteiger partial charge in [-0.25, -0.2) is 4.98 Å². The van der Waals surface area contributed by atoms with E-state index in [0.29, 0.717) is 6.04 Å². The van der Waals surface area contributed by atoms with Gasteiger partial charge >= 0.3 is 0 Å². The third-order valence-corrected chi connectivity index (χ3v) is 3.57. The smallest absolute Gasteiger partial charge is 0.185 e. The summed E-state index contributed by atoms with van der Waals surface area (Å²) in [5.74, 6) is 0. The third-order valence-electron chi connectivity index (χ3n) is 2.31. The number of nitrogens with one attached hydrogen (secondary N) is 1. The molecule has 0 aliphatic carbocycles. The number of rotatable bonds is 6. The Morgan fingerprint density at radius 2 is 2.06 bits per heavy atom. The van der Waals surface area contributed by atoms with Crippen molar-refractivity contribution in [3.63, 3.8) is 0 Å². The highest BCUT2D eigenvalue weighted by atomic mass is 32.1. The predicted molar refractivity (Wildman–Crippen MR) is 72.4 cm³/mol. The Bertz CT molecular complexity index is 318. The molecule has 0 amide bonds. The number of hydrogen-bond acceptors (Lipinski definition) is 4. The molecule has 0 aromatic carbocycles. The van der Waals surface area contributed by atoms with Gasteiger partial charge in [-0.3, -0.25) is 0 Å². The molecule has 1 rings (SSSR count). The number of hydrogen-bond donors (Lipinski definition) is 1. The van der Waals surface area contributed by atoms with Gasteiger partial charge in [0.1, 0.15) is 0 Å². The highest BCUT2D eigenvalue weighted by Crippen LogP contribution is 2.25. The van der Waals surface area contributed by atoms with Crippen molar-refractivity contribution in [2.45, 2.75) is 46.2 Å². The number of thiazole rings is 1. The second kappa shape index (κ2) is 6.21. The SMILES string of the molecule is CCCc1nc(N(C)C)sc1CNC(C)C. The fraction of sp³-hybridized carbons (Fsp3) is 0.750. The first-order valence-corrected chi connectivity index (χ1v) is 6.75. The maximum Gasteiger partial charge on any atom is 0.185 e. The van der Waals surface area contributed by atoms with Crippen LogP contribution in [-0.2, 0) is 13.0 Å². The molecule has 16 heavy (non-hydrogen) atoms. The molecule has 0 bridgehead atoms. The van der Waals surface area contributed by atoms with Crippen molar-refractivity contribution < 1.29 is 0 Å². The minimum Gasteiger partial charge on any atom is -0.354 e. The van der Waals surface area contributed by atoms with Gasteiger partial charge in [-0.1, -0.05) is 27.2 Å². The third kappa shape index (κ3) is 3.76. The second-order valence-corrected chi connectivity index (χ2v) is 5.61. The van der Waals surface area contributed by atoms with Crippen molar-refractivity contribution in [1.82, 2.24) is 10.3 Å². The number of aryl methyl sites for hydroxylation is 1. The van der Waals surface area contributed by atoms with Crippen LogP contribution in [0.15, 0.2) is 0 Å². The van der Waals surface area contributed by atoms with Crippen LogP contribution in [0, 0.1) is 0 Å². The maximum atomic E-state index is 4.68. The zero-order valence-electron chi connectivity index (χ0n) is 11.0. The molecule has 0 aliphatic heterocycles. The normalized spacial score (nSPS) is 11.1. The Morgan fingerprint density at radius 1 is 1.38 bits per heavy atom. The lowest BCUT2D eigenvalue weighted by Crippen LogP contribution is -2.21. The molecule has 1 heterocycles. The summed E-state index contributed by atoms with van der Waals surface area (Å²) in [5.41, 5.74) is 1.27. The fourth-order valence-corrected chi connectivity index (χ4v) is 2.41. The van der Waals surface area contributed by atoms with E-state index in [9.17, 15) is 0 Å². The first kappa shape index (κ1) is 13.5. The molecular formula is C12H23N3S. The van der Waals surface area contributed by atoms with Crippen molar-refractivity contribution in [3.05, 3.63) is 10.6 Å². The van der Waals surface area contributed by atoms with Gasteiger partial charge in [0.25, 0.3) is 0 Å². The summed E-state index contributed by atoms with van der Waals surface area (Å²) in [5, 5.41) is 4.58. The molecule has 1 aromatic heterocycles. The lowest BCUT2D eigenvalue weighted by molar-refractivity contribution is 0.589. The van der Waals surface area contributed by atoms with Crippen LogP contribution < -0.4 is 10.2 Å². The summed E-state index contributed by atoms with van der Waals surface area (Å²) in [6.45, 7) is 7.49. The van der Waals surface area contributed by atoms with E-state index in [1.807, 2.05) is 14.1 Å². The Morgan fingerprint density at radius 3 is 2.56 bits per heavy atom. The molecule has 3 nitrogen and oxygen atoms in total. The number of anilines is 1. The molecule has 0 spiro atoms. The van der Waals surface area contributed by atoms with Crippen LogP contribution in [0.5, 0.6) is 0 Å². The first-order chi connectivity index (χ1) is 7.54. The molecule has 0 aliphatic rings.